The van der Waals surface area contributed by atoms with Crippen LogP contribution in [0.25, 0.3) is 0 Å². The monoisotopic (exact) mass is 448 g/mol. The predicted octanol–water partition coefficient (Wildman–Crippen LogP) is 2.66. The van der Waals surface area contributed by atoms with Gasteiger partial charge in [0.25, 0.3) is 0 Å². The van der Waals surface area contributed by atoms with Crippen LogP contribution in [0.1, 0.15) is 44.7 Å². The van der Waals surface area contributed by atoms with E-state index in [1.807, 2.05) is 25.1 Å². The van der Waals surface area contributed by atoms with Crippen LogP contribution >= 0.6 is 24.0 Å². The molecule has 0 amide bonds. The van der Waals surface area contributed by atoms with Crippen molar-refractivity contribution < 1.29 is 9.53 Å². The Hall–Kier alpha value is -1.38. The fraction of sp³-hybridized carbons (Fsp3) is 0.588. The zero-order chi connectivity index (χ0) is 16.8. The first kappa shape index (κ1) is 22.6. The fourth-order valence-electron chi connectivity index (χ4n) is 2.09. The fourth-order valence-corrected chi connectivity index (χ4v) is 2.09. The first-order chi connectivity index (χ1) is 11.2. The van der Waals surface area contributed by atoms with Crippen molar-refractivity contribution in [3.63, 3.8) is 0 Å². The van der Waals surface area contributed by atoms with Crippen molar-refractivity contribution in [1.82, 2.24) is 10.3 Å². The molecule has 136 valence electrons. The lowest BCUT2D eigenvalue weighted by atomic mass is 10.1. The third-order valence-corrected chi connectivity index (χ3v) is 3.29. The summed E-state index contributed by atoms with van der Waals surface area (Å²) in [6.45, 7) is 3.72. The number of rotatable bonds is 11. The number of carbonyl (C=O) groups excluding carboxylic acids is 1. The summed E-state index contributed by atoms with van der Waals surface area (Å²) in [5, 5.41) is 3.09. The number of pyridine rings is 1. The molecule has 1 heterocycles. The van der Waals surface area contributed by atoms with E-state index in [4.69, 9.17) is 10.5 Å². The van der Waals surface area contributed by atoms with Crippen LogP contribution in [0.15, 0.2) is 29.4 Å². The van der Waals surface area contributed by atoms with Gasteiger partial charge in [-0.15, -0.1) is 24.0 Å². The van der Waals surface area contributed by atoms with Gasteiger partial charge in [-0.05, 0) is 31.9 Å². The van der Waals surface area contributed by atoms with Crippen molar-refractivity contribution in [2.24, 2.45) is 10.7 Å². The van der Waals surface area contributed by atoms with E-state index in [9.17, 15) is 4.79 Å². The normalized spacial score (nSPS) is 10.8. The second kappa shape index (κ2) is 15.2. The lowest BCUT2D eigenvalue weighted by Gasteiger charge is -2.05. The number of halogens is 1. The molecule has 0 radical (unpaired) electrons. The molecule has 0 saturated heterocycles. The zero-order valence-electron chi connectivity index (χ0n) is 14.4. The van der Waals surface area contributed by atoms with Gasteiger partial charge in [0.2, 0.25) is 0 Å². The van der Waals surface area contributed by atoms with Gasteiger partial charge < -0.3 is 15.8 Å². The maximum atomic E-state index is 11.2. The van der Waals surface area contributed by atoms with Gasteiger partial charge in [-0.25, -0.2) is 0 Å². The predicted molar refractivity (Wildman–Crippen MR) is 108 cm³/mol. The van der Waals surface area contributed by atoms with Crippen LogP contribution in [0.3, 0.4) is 0 Å². The largest absolute Gasteiger partial charge is 0.466 e. The lowest BCUT2D eigenvalue weighted by molar-refractivity contribution is -0.143. The van der Waals surface area contributed by atoms with E-state index in [-0.39, 0.29) is 29.9 Å². The highest BCUT2D eigenvalue weighted by molar-refractivity contribution is 14.0. The van der Waals surface area contributed by atoms with Gasteiger partial charge in [0.15, 0.2) is 5.96 Å². The lowest BCUT2D eigenvalue weighted by Crippen LogP contribution is -2.33. The van der Waals surface area contributed by atoms with Crippen LogP contribution in [0.5, 0.6) is 0 Å². The summed E-state index contributed by atoms with van der Waals surface area (Å²) in [4.78, 5) is 19.7. The molecule has 0 aromatic carbocycles. The molecule has 0 bridgehead atoms. The van der Waals surface area contributed by atoms with Crippen LogP contribution in [0.4, 0.5) is 0 Å². The van der Waals surface area contributed by atoms with Gasteiger partial charge in [-0.2, -0.15) is 0 Å². The number of aromatic nitrogens is 1. The molecule has 1 aromatic rings. The van der Waals surface area contributed by atoms with Gasteiger partial charge in [-0.3, -0.25) is 14.8 Å². The molecule has 0 atom stereocenters. The topological polar surface area (TPSA) is 89.6 Å². The van der Waals surface area contributed by atoms with Crippen molar-refractivity contribution in [1.29, 1.82) is 0 Å². The quantitative estimate of drug-likeness (QED) is 0.179. The molecule has 0 aliphatic rings. The Bertz CT molecular complexity index is 469. The number of ether oxygens (including phenoxy) is 1. The molecule has 7 heteroatoms. The number of nitrogens with zero attached hydrogens (tertiary/aromatic N) is 2. The molecule has 1 rings (SSSR count). The Morgan fingerprint density at radius 1 is 1.29 bits per heavy atom. The smallest absolute Gasteiger partial charge is 0.305 e. The summed E-state index contributed by atoms with van der Waals surface area (Å²) in [6, 6.07) is 5.87. The number of hydrogen-bond donors (Lipinski definition) is 2. The van der Waals surface area contributed by atoms with E-state index in [0.29, 0.717) is 25.5 Å². The highest BCUT2D eigenvalue weighted by atomic mass is 127. The minimum Gasteiger partial charge on any atom is -0.466 e. The maximum Gasteiger partial charge on any atom is 0.305 e. The average Bonchev–Trinajstić information content (AvgIpc) is 2.55. The SMILES string of the molecule is CCOC(=O)CCCCCCN=C(N)NCCc1ccccn1.I. The second-order valence-electron chi connectivity index (χ2n) is 5.23. The highest BCUT2D eigenvalue weighted by Gasteiger charge is 2.00. The molecule has 1 aromatic heterocycles. The van der Waals surface area contributed by atoms with Gasteiger partial charge in [-0.1, -0.05) is 18.9 Å². The Morgan fingerprint density at radius 2 is 2.08 bits per heavy atom. The van der Waals surface area contributed by atoms with Crippen LogP contribution in [0, 0.1) is 0 Å². The van der Waals surface area contributed by atoms with Crippen molar-refractivity contribution in [2.75, 3.05) is 19.7 Å². The van der Waals surface area contributed by atoms with E-state index < -0.39 is 0 Å². The third kappa shape index (κ3) is 12.1. The summed E-state index contributed by atoms with van der Waals surface area (Å²) in [5.74, 6) is 0.374. The van der Waals surface area contributed by atoms with Gasteiger partial charge in [0.05, 0.1) is 6.61 Å². The van der Waals surface area contributed by atoms with Crippen molar-refractivity contribution in [3.05, 3.63) is 30.1 Å². The summed E-state index contributed by atoms with van der Waals surface area (Å²) in [6.07, 6.45) is 7.03. The van der Waals surface area contributed by atoms with Crippen molar-refractivity contribution in [2.45, 2.75) is 45.4 Å². The van der Waals surface area contributed by atoms with Crippen molar-refractivity contribution >= 4 is 35.9 Å². The Labute approximate surface area is 161 Å². The summed E-state index contributed by atoms with van der Waals surface area (Å²) in [5.41, 5.74) is 6.85. The number of unbranched alkanes of at least 4 members (excludes halogenated alkanes) is 3. The van der Waals surface area contributed by atoms with Crippen LogP contribution < -0.4 is 11.1 Å². The maximum absolute atomic E-state index is 11.2. The number of guanidine groups is 1. The number of nitrogens with one attached hydrogen (secondary N) is 1. The molecule has 0 fully saturated rings. The zero-order valence-corrected chi connectivity index (χ0v) is 16.7. The van der Waals surface area contributed by atoms with Gasteiger partial charge >= 0.3 is 5.97 Å². The van der Waals surface area contributed by atoms with Crippen molar-refractivity contribution in [3.8, 4) is 0 Å². The molecule has 0 spiro atoms. The van der Waals surface area contributed by atoms with Gasteiger partial charge in [0, 0.05) is 37.8 Å². The van der Waals surface area contributed by atoms with E-state index >= 15 is 0 Å². The second-order valence-corrected chi connectivity index (χ2v) is 5.23. The highest BCUT2D eigenvalue weighted by Crippen LogP contribution is 2.04. The Kier molecular flexibility index (Phi) is 14.3. The molecule has 3 N–H and O–H groups in total. The molecular weight excluding hydrogens is 419 g/mol. The van der Waals surface area contributed by atoms with Crippen LogP contribution in [-0.4, -0.2) is 36.6 Å². The standard InChI is InChI=1S/C17H28N4O2.HI/c1-2-23-16(22)10-5-3-4-7-13-20-17(18)21-14-11-15-9-6-8-12-19-15;/h6,8-9,12H,2-5,7,10-11,13-14H2,1H3,(H3,18,20,21);1H. The molecule has 0 saturated carbocycles. The summed E-state index contributed by atoms with van der Waals surface area (Å²) < 4.78 is 4.88. The number of aliphatic imine (C=N–C) groups is 1. The van der Waals surface area contributed by atoms with E-state index in [2.05, 4.69) is 15.3 Å². The first-order valence-corrected chi connectivity index (χ1v) is 8.31. The summed E-state index contributed by atoms with van der Waals surface area (Å²) >= 11 is 0. The minimum atomic E-state index is -0.105. The van der Waals surface area contributed by atoms with Gasteiger partial charge in [0.1, 0.15) is 0 Å². The minimum absolute atomic E-state index is 0. The molecule has 0 aliphatic carbocycles. The molecular formula is C17H29IN4O2. The molecule has 0 unspecified atom stereocenters. The average molecular weight is 448 g/mol. The molecule has 6 nitrogen and oxygen atoms in total. The molecule has 24 heavy (non-hydrogen) atoms. The van der Waals surface area contributed by atoms with E-state index in [0.717, 1.165) is 44.3 Å². The van der Waals surface area contributed by atoms with E-state index in [1.165, 1.54) is 0 Å². The Morgan fingerprint density at radius 3 is 2.79 bits per heavy atom. The number of nitrogens with two attached hydrogens (primary N) is 1. The van der Waals surface area contributed by atoms with Crippen LogP contribution in [0.2, 0.25) is 0 Å². The van der Waals surface area contributed by atoms with Crippen LogP contribution in [-0.2, 0) is 16.0 Å². The third-order valence-electron chi connectivity index (χ3n) is 3.29. The summed E-state index contributed by atoms with van der Waals surface area (Å²) in [7, 11) is 0. The molecule has 0 aliphatic heterocycles. The number of carbonyl (C=O) groups is 1. The first-order valence-electron chi connectivity index (χ1n) is 8.31. The van der Waals surface area contributed by atoms with E-state index in [1.54, 1.807) is 6.20 Å². The Balaban J connectivity index is 0.00000529. The number of hydrogen-bond acceptors (Lipinski definition) is 4. The number of esters is 1.